The molecule has 0 N–H and O–H groups in total. The van der Waals surface area contributed by atoms with Crippen molar-refractivity contribution in [2.24, 2.45) is 0 Å². The van der Waals surface area contributed by atoms with Gasteiger partial charge in [0.1, 0.15) is 5.60 Å². The lowest BCUT2D eigenvalue weighted by Crippen LogP contribution is -2.39. The average Bonchev–Trinajstić information content (AvgIpc) is 2.76. The van der Waals surface area contributed by atoms with Crippen molar-refractivity contribution in [1.82, 2.24) is 5.06 Å². The van der Waals surface area contributed by atoms with Crippen LogP contribution in [-0.2, 0) is 38.2 Å². The number of hydroxylamine groups is 2. The molecule has 0 aromatic carbocycles. The number of esters is 1. The van der Waals surface area contributed by atoms with E-state index < -0.39 is 47.7 Å². The standard InChI is InChI=1S/C15H21NO9/c1-8(23-14(21)24-15(3,4)5)12(19)22-9(2)13(20)25-16-10(17)6-7-11(16)18/h8-9H,6-7H2,1-5H3/t8-,9-/m0/s1. The maximum atomic E-state index is 11.8. The zero-order valence-corrected chi connectivity index (χ0v) is 14.7. The molecule has 0 bridgehead atoms. The highest BCUT2D eigenvalue weighted by Crippen LogP contribution is 2.14. The molecule has 0 aliphatic carbocycles. The molecule has 0 aromatic heterocycles. The van der Waals surface area contributed by atoms with E-state index in [-0.39, 0.29) is 12.8 Å². The summed E-state index contributed by atoms with van der Waals surface area (Å²) in [4.78, 5) is 62.4. The Morgan fingerprint density at radius 3 is 1.88 bits per heavy atom. The van der Waals surface area contributed by atoms with E-state index in [9.17, 15) is 24.0 Å². The zero-order valence-electron chi connectivity index (χ0n) is 14.7. The van der Waals surface area contributed by atoms with Gasteiger partial charge in [0.2, 0.25) is 0 Å². The van der Waals surface area contributed by atoms with Crippen LogP contribution in [0.25, 0.3) is 0 Å². The first kappa shape index (κ1) is 20.4. The van der Waals surface area contributed by atoms with Crippen LogP contribution in [0.5, 0.6) is 0 Å². The number of rotatable bonds is 5. The molecule has 10 nitrogen and oxygen atoms in total. The third-order valence-electron chi connectivity index (χ3n) is 2.81. The quantitative estimate of drug-likeness (QED) is 0.519. The summed E-state index contributed by atoms with van der Waals surface area (Å²) in [6.07, 6.45) is -3.93. The number of amides is 2. The molecule has 0 unspecified atom stereocenters. The fraction of sp³-hybridized carbons (Fsp3) is 0.667. The second kappa shape index (κ2) is 7.95. The summed E-state index contributed by atoms with van der Waals surface area (Å²) >= 11 is 0. The Hall–Kier alpha value is -2.65. The second-order valence-electron chi connectivity index (χ2n) is 6.30. The minimum absolute atomic E-state index is 0.0545. The van der Waals surface area contributed by atoms with E-state index in [4.69, 9.17) is 14.2 Å². The lowest BCUT2D eigenvalue weighted by Gasteiger charge is -2.21. The van der Waals surface area contributed by atoms with Gasteiger partial charge < -0.3 is 19.0 Å². The molecule has 140 valence electrons. The van der Waals surface area contributed by atoms with Crippen LogP contribution in [0, 0.1) is 0 Å². The smallest absolute Gasteiger partial charge is 0.448 e. The third kappa shape index (κ3) is 6.40. The molecule has 0 saturated carbocycles. The minimum Gasteiger partial charge on any atom is -0.448 e. The van der Waals surface area contributed by atoms with Gasteiger partial charge in [-0.25, -0.2) is 14.4 Å². The average molecular weight is 359 g/mol. The van der Waals surface area contributed by atoms with Gasteiger partial charge in [-0.1, -0.05) is 0 Å². The van der Waals surface area contributed by atoms with E-state index in [0.29, 0.717) is 5.06 Å². The summed E-state index contributed by atoms with van der Waals surface area (Å²) in [5, 5.41) is 0.341. The van der Waals surface area contributed by atoms with E-state index in [2.05, 4.69) is 4.84 Å². The van der Waals surface area contributed by atoms with Gasteiger partial charge in [-0.05, 0) is 34.6 Å². The molecule has 0 spiro atoms. The van der Waals surface area contributed by atoms with Crippen molar-refractivity contribution in [2.45, 2.75) is 65.3 Å². The second-order valence-corrected chi connectivity index (χ2v) is 6.30. The van der Waals surface area contributed by atoms with Gasteiger partial charge in [0.15, 0.2) is 12.2 Å². The van der Waals surface area contributed by atoms with Crippen LogP contribution in [0.4, 0.5) is 4.79 Å². The summed E-state index contributed by atoms with van der Waals surface area (Å²) in [6, 6.07) is 0. The van der Waals surface area contributed by atoms with Crippen LogP contribution in [0.2, 0.25) is 0 Å². The molecule has 1 rings (SSSR count). The number of hydrogen-bond donors (Lipinski definition) is 0. The van der Waals surface area contributed by atoms with Gasteiger partial charge in [-0.15, -0.1) is 5.06 Å². The minimum atomic E-state index is -1.42. The molecule has 1 fully saturated rings. The summed E-state index contributed by atoms with van der Waals surface area (Å²) in [7, 11) is 0. The molecule has 1 saturated heterocycles. The van der Waals surface area contributed by atoms with Crippen molar-refractivity contribution in [3.8, 4) is 0 Å². The normalized spacial score (nSPS) is 16.9. The largest absolute Gasteiger partial charge is 0.509 e. The Labute approximate surface area is 144 Å². The van der Waals surface area contributed by atoms with Crippen LogP contribution in [0.3, 0.4) is 0 Å². The highest BCUT2D eigenvalue weighted by Gasteiger charge is 2.35. The van der Waals surface area contributed by atoms with Gasteiger partial charge in [0.05, 0.1) is 0 Å². The lowest BCUT2D eigenvalue weighted by molar-refractivity contribution is -0.206. The van der Waals surface area contributed by atoms with E-state index in [1.807, 2.05) is 0 Å². The molecule has 25 heavy (non-hydrogen) atoms. The van der Waals surface area contributed by atoms with Crippen molar-refractivity contribution in [3.63, 3.8) is 0 Å². The third-order valence-corrected chi connectivity index (χ3v) is 2.81. The zero-order chi connectivity index (χ0) is 19.4. The molecule has 1 aliphatic heterocycles. The van der Waals surface area contributed by atoms with Gasteiger partial charge >= 0.3 is 18.1 Å². The molecular formula is C15H21NO9. The van der Waals surface area contributed by atoms with E-state index in [0.717, 1.165) is 0 Å². The predicted octanol–water partition coefficient (Wildman–Crippen LogP) is 0.865. The van der Waals surface area contributed by atoms with Crippen molar-refractivity contribution < 1.29 is 43.0 Å². The van der Waals surface area contributed by atoms with Crippen molar-refractivity contribution in [3.05, 3.63) is 0 Å². The van der Waals surface area contributed by atoms with Crippen molar-refractivity contribution in [1.29, 1.82) is 0 Å². The molecule has 0 aromatic rings. The first-order valence-corrected chi connectivity index (χ1v) is 7.58. The van der Waals surface area contributed by atoms with E-state index in [1.54, 1.807) is 20.8 Å². The molecule has 1 aliphatic rings. The maximum absolute atomic E-state index is 11.8. The van der Waals surface area contributed by atoms with Gasteiger partial charge in [-0.2, -0.15) is 0 Å². The fourth-order valence-corrected chi connectivity index (χ4v) is 1.61. The number of nitrogens with zero attached hydrogens (tertiary/aromatic N) is 1. The SMILES string of the molecule is C[C@H](OC(=O)OC(C)(C)C)C(=O)O[C@@H](C)C(=O)ON1C(=O)CCC1=O. The van der Waals surface area contributed by atoms with Gasteiger partial charge in [0.25, 0.3) is 11.8 Å². The molecule has 2 atom stereocenters. The predicted molar refractivity (Wildman–Crippen MR) is 79.5 cm³/mol. The number of hydrogen-bond acceptors (Lipinski definition) is 9. The summed E-state index contributed by atoms with van der Waals surface area (Å²) in [5.74, 6) is -3.44. The van der Waals surface area contributed by atoms with Crippen LogP contribution >= 0.6 is 0 Å². The van der Waals surface area contributed by atoms with E-state index >= 15 is 0 Å². The Morgan fingerprint density at radius 1 is 0.920 bits per heavy atom. The lowest BCUT2D eigenvalue weighted by atomic mass is 10.2. The first-order valence-electron chi connectivity index (χ1n) is 7.58. The summed E-state index contributed by atoms with van der Waals surface area (Å²) in [5.41, 5.74) is -0.799. The Morgan fingerprint density at radius 2 is 1.40 bits per heavy atom. The highest BCUT2D eigenvalue weighted by molar-refractivity contribution is 6.01. The molecule has 1 heterocycles. The number of imide groups is 1. The first-order chi connectivity index (χ1) is 11.4. The highest BCUT2D eigenvalue weighted by atomic mass is 16.8. The number of carbonyl (C=O) groups excluding carboxylic acids is 5. The Balaban J connectivity index is 2.49. The van der Waals surface area contributed by atoms with Crippen LogP contribution in [0.1, 0.15) is 47.5 Å². The maximum Gasteiger partial charge on any atom is 0.509 e. The number of carbonyl (C=O) groups is 5. The summed E-state index contributed by atoms with van der Waals surface area (Å²) in [6.45, 7) is 7.28. The van der Waals surface area contributed by atoms with Crippen molar-refractivity contribution >= 4 is 29.9 Å². The molecule has 2 amide bonds. The fourth-order valence-electron chi connectivity index (χ4n) is 1.61. The topological polar surface area (TPSA) is 126 Å². The van der Waals surface area contributed by atoms with Crippen LogP contribution in [0.15, 0.2) is 0 Å². The van der Waals surface area contributed by atoms with E-state index in [1.165, 1.54) is 13.8 Å². The Bertz CT molecular complexity index is 562. The number of ether oxygens (including phenoxy) is 3. The van der Waals surface area contributed by atoms with Crippen LogP contribution in [-0.4, -0.2) is 52.8 Å². The van der Waals surface area contributed by atoms with Gasteiger partial charge in [0, 0.05) is 12.8 Å². The van der Waals surface area contributed by atoms with Crippen molar-refractivity contribution in [2.75, 3.05) is 0 Å². The molecule has 0 radical (unpaired) electrons. The van der Waals surface area contributed by atoms with Gasteiger partial charge in [-0.3, -0.25) is 9.59 Å². The monoisotopic (exact) mass is 359 g/mol. The Kier molecular flexibility index (Phi) is 6.49. The van der Waals surface area contributed by atoms with Crippen LogP contribution < -0.4 is 0 Å². The summed E-state index contributed by atoms with van der Waals surface area (Å²) < 4.78 is 14.4. The molecule has 10 heteroatoms. The molecular weight excluding hydrogens is 338 g/mol.